The smallest absolute Gasteiger partial charge is 0.120 e. The molecule has 1 aromatic heterocycles. The van der Waals surface area contributed by atoms with Crippen LogP contribution in [0.2, 0.25) is 0 Å². The average Bonchev–Trinajstić information content (AvgIpc) is 3.07. The summed E-state index contributed by atoms with van der Waals surface area (Å²) in [5.74, 6) is 2.20. The molecule has 0 aromatic carbocycles. The van der Waals surface area contributed by atoms with Gasteiger partial charge in [-0.15, -0.1) is 0 Å². The maximum absolute atomic E-state index is 5.91. The Morgan fingerprint density at radius 2 is 2.24 bits per heavy atom. The Bertz CT molecular complexity index is 355. The van der Waals surface area contributed by atoms with Gasteiger partial charge in [0.15, 0.2) is 0 Å². The highest BCUT2D eigenvalue weighted by molar-refractivity contribution is 5.20. The van der Waals surface area contributed by atoms with Crippen LogP contribution >= 0.6 is 0 Å². The van der Waals surface area contributed by atoms with Gasteiger partial charge in [0.25, 0.3) is 0 Å². The van der Waals surface area contributed by atoms with E-state index in [1.54, 1.807) is 0 Å². The lowest BCUT2D eigenvalue weighted by Crippen LogP contribution is -2.19. The van der Waals surface area contributed by atoms with E-state index in [2.05, 4.69) is 37.2 Å². The van der Waals surface area contributed by atoms with Crippen molar-refractivity contribution in [2.45, 2.75) is 52.2 Å². The second kappa shape index (κ2) is 5.69. The third-order valence-corrected chi connectivity index (χ3v) is 3.36. The first kappa shape index (κ1) is 12.7. The fourth-order valence-electron chi connectivity index (χ4n) is 2.11. The average molecular weight is 236 g/mol. The van der Waals surface area contributed by atoms with Crippen LogP contribution in [-0.2, 0) is 13.1 Å². The molecule has 1 N–H and O–H groups in total. The van der Waals surface area contributed by atoms with Gasteiger partial charge in [0.2, 0.25) is 0 Å². The largest absolute Gasteiger partial charge is 0.463 e. The fraction of sp³-hybridized carbons (Fsp3) is 0.714. The van der Waals surface area contributed by atoms with E-state index in [4.69, 9.17) is 4.42 Å². The van der Waals surface area contributed by atoms with Crippen LogP contribution in [0.4, 0.5) is 0 Å². The third kappa shape index (κ3) is 3.58. The van der Waals surface area contributed by atoms with Crippen LogP contribution in [0.5, 0.6) is 0 Å². The number of hydrogen-bond acceptors (Lipinski definition) is 3. The minimum Gasteiger partial charge on any atom is -0.463 e. The molecule has 0 spiro atoms. The van der Waals surface area contributed by atoms with Gasteiger partial charge >= 0.3 is 0 Å². The molecule has 0 unspecified atom stereocenters. The third-order valence-electron chi connectivity index (χ3n) is 3.36. The Hall–Kier alpha value is -0.800. The molecular weight excluding hydrogens is 212 g/mol. The van der Waals surface area contributed by atoms with E-state index in [0.29, 0.717) is 0 Å². The van der Waals surface area contributed by atoms with Crippen LogP contribution < -0.4 is 5.32 Å². The van der Waals surface area contributed by atoms with E-state index in [1.165, 1.54) is 18.4 Å². The molecule has 1 saturated carbocycles. The van der Waals surface area contributed by atoms with Gasteiger partial charge in [-0.1, -0.05) is 6.92 Å². The van der Waals surface area contributed by atoms with Crippen molar-refractivity contribution >= 4 is 0 Å². The Balaban J connectivity index is 1.87. The number of furan rings is 1. The van der Waals surface area contributed by atoms with Crippen molar-refractivity contribution in [1.29, 1.82) is 0 Å². The number of hydrogen-bond donors (Lipinski definition) is 1. The molecule has 3 heteroatoms. The maximum Gasteiger partial charge on any atom is 0.120 e. The molecule has 1 heterocycles. The predicted molar refractivity (Wildman–Crippen MR) is 69.9 cm³/mol. The highest BCUT2D eigenvalue weighted by atomic mass is 16.3. The molecule has 96 valence electrons. The van der Waals surface area contributed by atoms with Gasteiger partial charge in [-0.25, -0.2) is 0 Å². The maximum atomic E-state index is 5.91. The van der Waals surface area contributed by atoms with Gasteiger partial charge in [-0.3, -0.25) is 4.90 Å². The quantitative estimate of drug-likeness (QED) is 0.738. The molecule has 0 amide bonds. The summed E-state index contributed by atoms with van der Waals surface area (Å²) in [6, 6.07) is 2.98. The van der Waals surface area contributed by atoms with Gasteiger partial charge in [-0.05, 0) is 51.4 Å². The Labute approximate surface area is 104 Å². The molecule has 1 aliphatic carbocycles. The summed E-state index contributed by atoms with van der Waals surface area (Å²) in [5, 5.41) is 3.39. The topological polar surface area (TPSA) is 28.4 Å². The summed E-state index contributed by atoms with van der Waals surface area (Å²) in [5.41, 5.74) is 1.27. The Morgan fingerprint density at radius 1 is 1.47 bits per heavy atom. The first-order valence-corrected chi connectivity index (χ1v) is 6.70. The van der Waals surface area contributed by atoms with Crippen LogP contribution in [0.25, 0.3) is 0 Å². The summed E-state index contributed by atoms with van der Waals surface area (Å²) >= 11 is 0. The summed E-state index contributed by atoms with van der Waals surface area (Å²) in [7, 11) is 2.19. The van der Waals surface area contributed by atoms with Crippen LogP contribution in [0.1, 0.15) is 43.3 Å². The summed E-state index contributed by atoms with van der Waals surface area (Å²) in [6.45, 7) is 7.16. The zero-order valence-corrected chi connectivity index (χ0v) is 11.3. The van der Waals surface area contributed by atoms with Crippen molar-refractivity contribution in [3.8, 4) is 0 Å². The minimum absolute atomic E-state index is 0.794. The predicted octanol–water partition coefficient (Wildman–Crippen LogP) is 2.68. The molecule has 1 fully saturated rings. The molecule has 0 saturated heterocycles. The summed E-state index contributed by atoms with van der Waals surface area (Å²) in [4.78, 5) is 2.39. The van der Waals surface area contributed by atoms with E-state index in [0.717, 1.165) is 43.6 Å². The zero-order chi connectivity index (χ0) is 12.3. The number of nitrogens with zero attached hydrogens (tertiary/aromatic N) is 1. The molecule has 0 atom stereocenters. The molecule has 1 aliphatic rings. The van der Waals surface area contributed by atoms with Gasteiger partial charge in [0, 0.05) is 6.04 Å². The monoisotopic (exact) mass is 236 g/mol. The van der Waals surface area contributed by atoms with Crippen LogP contribution in [0.15, 0.2) is 10.5 Å². The minimum atomic E-state index is 0.794. The van der Waals surface area contributed by atoms with E-state index in [9.17, 15) is 0 Å². The van der Waals surface area contributed by atoms with Gasteiger partial charge in [-0.2, -0.15) is 0 Å². The normalized spacial score (nSPS) is 15.8. The lowest BCUT2D eigenvalue weighted by atomic mass is 10.2. The lowest BCUT2D eigenvalue weighted by Gasteiger charge is -2.13. The summed E-state index contributed by atoms with van der Waals surface area (Å²) in [6.07, 6.45) is 3.86. The van der Waals surface area contributed by atoms with E-state index in [-0.39, 0.29) is 0 Å². The first-order chi connectivity index (χ1) is 8.20. The van der Waals surface area contributed by atoms with E-state index < -0.39 is 0 Å². The summed E-state index contributed by atoms with van der Waals surface area (Å²) < 4.78 is 5.91. The van der Waals surface area contributed by atoms with Crippen LogP contribution in [0, 0.1) is 6.92 Å². The Kier molecular flexibility index (Phi) is 4.24. The van der Waals surface area contributed by atoms with Crippen molar-refractivity contribution in [3.05, 3.63) is 23.2 Å². The highest BCUT2D eigenvalue weighted by Crippen LogP contribution is 2.27. The van der Waals surface area contributed by atoms with E-state index >= 15 is 0 Å². The molecule has 0 radical (unpaired) electrons. The number of aryl methyl sites for hydroxylation is 1. The molecular formula is C14H24N2O. The van der Waals surface area contributed by atoms with Crippen molar-refractivity contribution < 1.29 is 4.42 Å². The van der Waals surface area contributed by atoms with Crippen LogP contribution in [0.3, 0.4) is 0 Å². The Morgan fingerprint density at radius 3 is 2.88 bits per heavy atom. The molecule has 0 aliphatic heterocycles. The molecule has 0 bridgehead atoms. The van der Waals surface area contributed by atoms with Gasteiger partial charge in [0.05, 0.1) is 13.1 Å². The zero-order valence-electron chi connectivity index (χ0n) is 11.3. The molecule has 1 aromatic rings. The van der Waals surface area contributed by atoms with Crippen molar-refractivity contribution in [1.82, 2.24) is 10.2 Å². The van der Waals surface area contributed by atoms with Gasteiger partial charge in [0.1, 0.15) is 11.5 Å². The molecule has 2 rings (SSSR count). The first-order valence-electron chi connectivity index (χ1n) is 6.70. The second-order valence-electron chi connectivity index (χ2n) is 5.14. The lowest BCUT2D eigenvalue weighted by molar-refractivity contribution is 0.280. The van der Waals surface area contributed by atoms with Crippen molar-refractivity contribution in [3.63, 3.8) is 0 Å². The highest BCUT2D eigenvalue weighted by Gasteiger charge is 2.26. The van der Waals surface area contributed by atoms with Gasteiger partial charge < -0.3 is 9.73 Å². The SMILES string of the molecule is CCCNCc1oc(CN(C)C2CC2)cc1C. The molecule has 3 nitrogen and oxygen atoms in total. The second-order valence-corrected chi connectivity index (χ2v) is 5.14. The standard InChI is InChI=1S/C14H24N2O/c1-4-7-15-9-14-11(2)8-13(17-14)10-16(3)12-5-6-12/h8,12,15H,4-7,9-10H2,1-3H3. The number of rotatable bonds is 7. The fourth-order valence-corrected chi connectivity index (χ4v) is 2.11. The number of nitrogens with one attached hydrogen (secondary N) is 1. The van der Waals surface area contributed by atoms with Crippen molar-refractivity contribution in [2.75, 3.05) is 13.6 Å². The van der Waals surface area contributed by atoms with Crippen LogP contribution in [-0.4, -0.2) is 24.5 Å². The molecule has 17 heavy (non-hydrogen) atoms. The van der Waals surface area contributed by atoms with Crippen molar-refractivity contribution in [2.24, 2.45) is 0 Å². The van der Waals surface area contributed by atoms with E-state index in [1.807, 2.05) is 0 Å².